The molecule has 0 bridgehead atoms. The fourth-order valence-electron chi connectivity index (χ4n) is 3.82. The topological polar surface area (TPSA) is 67.6 Å². The molecule has 0 fully saturated rings. The molecule has 4 aromatic rings. The Kier molecular flexibility index (Phi) is 7.80. The lowest BCUT2D eigenvalue weighted by atomic mass is 10.0. The Morgan fingerprint density at radius 3 is 2.46 bits per heavy atom. The lowest BCUT2D eigenvalue weighted by Crippen LogP contribution is -2.26. The van der Waals surface area contributed by atoms with Crippen LogP contribution in [0.2, 0.25) is 0 Å². The summed E-state index contributed by atoms with van der Waals surface area (Å²) in [7, 11) is 5.63. The monoisotopic (exact) mass is 470 g/mol. The highest BCUT2D eigenvalue weighted by molar-refractivity contribution is 6.49. The first-order valence-corrected chi connectivity index (χ1v) is 11.5. The van der Waals surface area contributed by atoms with Gasteiger partial charge in [0.1, 0.15) is 12.4 Å². The molecule has 4 rings (SSSR count). The summed E-state index contributed by atoms with van der Waals surface area (Å²) in [5.41, 5.74) is 4.36. The van der Waals surface area contributed by atoms with Crippen molar-refractivity contribution in [3.8, 4) is 16.9 Å². The first kappa shape index (κ1) is 24.0. The van der Waals surface area contributed by atoms with Crippen LogP contribution in [-0.4, -0.2) is 55.3 Å². The maximum absolute atomic E-state index is 13.6. The van der Waals surface area contributed by atoms with Crippen LogP contribution >= 0.6 is 0 Å². The molecular weight excluding hydrogens is 440 g/mol. The molecule has 0 saturated heterocycles. The van der Waals surface area contributed by atoms with Crippen LogP contribution in [0.4, 0.5) is 5.69 Å². The first-order valence-electron chi connectivity index (χ1n) is 11.5. The average molecular weight is 471 g/mol. The quantitative estimate of drug-likeness (QED) is 0.203. The maximum Gasteiger partial charge on any atom is 0.279 e. The Morgan fingerprint density at radius 1 is 1.00 bits per heavy atom. The third-order valence-corrected chi connectivity index (χ3v) is 5.55. The summed E-state index contributed by atoms with van der Waals surface area (Å²) in [4.78, 5) is 21.3. The van der Waals surface area contributed by atoms with Crippen molar-refractivity contribution < 1.29 is 14.4 Å². The Morgan fingerprint density at radius 2 is 1.74 bits per heavy atom. The summed E-state index contributed by atoms with van der Waals surface area (Å²) < 4.78 is 7.19. The molecular formula is C28H30N4O3. The van der Waals surface area contributed by atoms with E-state index < -0.39 is 0 Å². The number of nitrogens with one attached hydrogen (secondary N) is 1. The van der Waals surface area contributed by atoms with E-state index in [2.05, 4.69) is 21.4 Å². The van der Waals surface area contributed by atoms with Gasteiger partial charge in [0.2, 0.25) is 0 Å². The second-order valence-corrected chi connectivity index (χ2v) is 8.38. The second kappa shape index (κ2) is 11.4. The number of amides is 1. The van der Waals surface area contributed by atoms with Gasteiger partial charge in [-0.05, 0) is 68.5 Å². The van der Waals surface area contributed by atoms with Gasteiger partial charge in [-0.2, -0.15) is 0 Å². The number of benzene rings is 2. The standard InChI is InChI=1S/C28H30N4O3/c1-31(2)17-9-19-35-30-26(28(33)29-22-13-15-24(34-3)16-14-22)27-25(21-10-5-4-6-11-21)20-23-12-7-8-18-32(23)27/h4-8,10-16,18,20H,9,17,19H2,1-3H3,(H,29,33)/b30-26+. The molecule has 1 amide bonds. The number of methoxy groups -OCH3 is 1. The van der Waals surface area contributed by atoms with E-state index in [1.54, 1.807) is 31.4 Å². The molecule has 1 N–H and O–H groups in total. The van der Waals surface area contributed by atoms with Crippen molar-refractivity contribution >= 4 is 22.8 Å². The van der Waals surface area contributed by atoms with Crippen molar-refractivity contribution in [3.05, 3.63) is 90.8 Å². The number of aromatic nitrogens is 1. The van der Waals surface area contributed by atoms with Crippen LogP contribution in [0.5, 0.6) is 5.75 Å². The molecule has 0 spiro atoms. The zero-order chi connectivity index (χ0) is 24.6. The van der Waals surface area contributed by atoms with Gasteiger partial charge in [0.25, 0.3) is 5.91 Å². The minimum atomic E-state index is -0.358. The van der Waals surface area contributed by atoms with Crippen LogP contribution < -0.4 is 10.1 Å². The van der Waals surface area contributed by atoms with Gasteiger partial charge in [-0.1, -0.05) is 41.6 Å². The molecule has 0 aliphatic carbocycles. The van der Waals surface area contributed by atoms with Crippen molar-refractivity contribution in [1.29, 1.82) is 0 Å². The number of carbonyl (C=O) groups excluding carboxylic acids is 1. The van der Waals surface area contributed by atoms with Crippen molar-refractivity contribution in [3.63, 3.8) is 0 Å². The van der Waals surface area contributed by atoms with E-state index in [-0.39, 0.29) is 11.6 Å². The summed E-state index contributed by atoms with van der Waals surface area (Å²) in [5.74, 6) is 0.355. The smallest absolute Gasteiger partial charge is 0.279 e. The molecule has 2 aromatic heterocycles. The fourth-order valence-corrected chi connectivity index (χ4v) is 3.82. The molecule has 7 nitrogen and oxygen atoms in total. The van der Waals surface area contributed by atoms with Crippen LogP contribution in [0, 0.1) is 0 Å². The van der Waals surface area contributed by atoms with E-state index in [9.17, 15) is 4.79 Å². The minimum absolute atomic E-state index is 0.204. The summed E-state index contributed by atoms with van der Waals surface area (Å²) in [5, 5.41) is 7.33. The molecule has 0 saturated carbocycles. The third kappa shape index (κ3) is 5.88. The van der Waals surface area contributed by atoms with Gasteiger partial charge in [0, 0.05) is 29.5 Å². The molecule has 0 aliphatic heterocycles. The van der Waals surface area contributed by atoms with E-state index in [1.807, 2.05) is 73.2 Å². The van der Waals surface area contributed by atoms with Gasteiger partial charge in [0.15, 0.2) is 5.71 Å². The molecule has 2 aromatic carbocycles. The van der Waals surface area contributed by atoms with Crippen LogP contribution in [0.25, 0.3) is 16.6 Å². The number of oxime groups is 1. The molecule has 35 heavy (non-hydrogen) atoms. The molecule has 2 heterocycles. The van der Waals surface area contributed by atoms with Crippen molar-refractivity contribution in [2.75, 3.05) is 39.7 Å². The largest absolute Gasteiger partial charge is 0.497 e. The fraction of sp³-hybridized carbons (Fsp3) is 0.214. The van der Waals surface area contributed by atoms with Crippen LogP contribution in [0.15, 0.2) is 90.2 Å². The van der Waals surface area contributed by atoms with Crippen LogP contribution in [-0.2, 0) is 9.63 Å². The van der Waals surface area contributed by atoms with Gasteiger partial charge >= 0.3 is 0 Å². The normalized spacial score (nSPS) is 11.6. The number of rotatable bonds is 10. The minimum Gasteiger partial charge on any atom is -0.497 e. The molecule has 0 radical (unpaired) electrons. The van der Waals surface area contributed by atoms with Crippen molar-refractivity contribution in [2.24, 2.45) is 5.16 Å². The highest BCUT2D eigenvalue weighted by Gasteiger charge is 2.24. The summed E-state index contributed by atoms with van der Waals surface area (Å²) >= 11 is 0. The number of hydrogen-bond acceptors (Lipinski definition) is 5. The van der Waals surface area contributed by atoms with Crippen LogP contribution in [0.3, 0.4) is 0 Å². The highest BCUT2D eigenvalue weighted by Crippen LogP contribution is 2.29. The highest BCUT2D eigenvalue weighted by atomic mass is 16.6. The Balaban J connectivity index is 1.74. The van der Waals surface area contributed by atoms with Gasteiger partial charge in [-0.15, -0.1) is 0 Å². The first-order chi connectivity index (χ1) is 17.1. The Bertz CT molecular complexity index is 1300. The zero-order valence-electron chi connectivity index (χ0n) is 20.3. The second-order valence-electron chi connectivity index (χ2n) is 8.38. The number of anilines is 1. The Labute approximate surface area is 205 Å². The predicted molar refractivity (Wildman–Crippen MR) is 140 cm³/mol. The van der Waals surface area contributed by atoms with E-state index in [0.29, 0.717) is 23.7 Å². The lowest BCUT2D eigenvalue weighted by Gasteiger charge is -2.12. The average Bonchev–Trinajstić information content (AvgIpc) is 3.26. The third-order valence-electron chi connectivity index (χ3n) is 5.55. The number of ether oxygens (including phenoxy) is 1. The number of pyridine rings is 1. The number of nitrogens with zero attached hydrogens (tertiary/aromatic N) is 3. The number of carbonyl (C=O) groups is 1. The number of hydrogen-bond donors (Lipinski definition) is 1. The summed E-state index contributed by atoms with van der Waals surface area (Å²) in [6, 6.07) is 25.1. The van der Waals surface area contributed by atoms with Gasteiger partial charge < -0.3 is 24.2 Å². The molecule has 7 heteroatoms. The molecule has 0 aliphatic rings. The Hall–Kier alpha value is -4.10. The molecule has 0 atom stereocenters. The van der Waals surface area contributed by atoms with Gasteiger partial charge in [-0.3, -0.25) is 4.79 Å². The van der Waals surface area contributed by atoms with Crippen LogP contribution in [0.1, 0.15) is 12.1 Å². The van der Waals surface area contributed by atoms with E-state index in [1.165, 1.54) is 0 Å². The van der Waals surface area contributed by atoms with Crippen molar-refractivity contribution in [1.82, 2.24) is 9.30 Å². The predicted octanol–water partition coefficient (Wildman–Crippen LogP) is 4.93. The van der Waals surface area contributed by atoms with E-state index in [0.717, 1.165) is 29.6 Å². The van der Waals surface area contributed by atoms with E-state index >= 15 is 0 Å². The van der Waals surface area contributed by atoms with Crippen molar-refractivity contribution in [2.45, 2.75) is 6.42 Å². The molecule has 0 unspecified atom stereocenters. The molecule has 180 valence electrons. The maximum atomic E-state index is 13.6. The SMILES string of the molecule is COc1ccc(NC(=O)/C(=N/OCCCN(C)C)c2c(-c3ccccc3)cc3ccccn23)cc1. The van der Waals surface area contributed by atoms with Gasteiger partial charge in [0.05, 0.1) is 12.8 Å². The summed E-state index contributed by atoms with van der Waals surface area (Å²) in [6.45, 7) is 1.27. The number of fused-ring (bicyclic) bond motifs is 1. The van der Waals surface area contributed by atoms with Gasteiger partial charge in [-0.25, -0.2) is 0 Å². The lowest BCUT2D eigenvalue weighted by molar-refractivity contribution is -0.110. The van der Waals surface area contributed by atoms with E-state index in [4.69, 9.17) is 9.57 Å². The zero-order valence-corrected chi connectivity index (χ0v) is 20.3. The summed E-state index contributed by atoms with van der Waals surface area (Å²) in [6.07, 6.45) is 2.73.